The second-order valence-electron chi connectivity index (χ2n) is 3.39. The van der Waals surface area contributed by atoms with Gasteiger partial charge in [-0.15, -0.1) is 0 Å². The summed E-state index contributed by atoms with van der Waals surface area (Å²) in [5.41, 5.74) is 1.52. The number of aliphatic hydroxyl groups is 1. The minimum Gasteiger partial charge on any atom is -0.478 e. The van der Waals surface area contributed by atoms with Crippen molar-refractivity contribution in [2.45, 2.75) is 13.2 Å². The first-order valence-electron chi connectivity index (χ1n) is 4.49. The molecule has 1 aromatic rings. The molecule has 1 aromatic carbocycles. The molecule has 1 aliphatic rings. The SMILES string of the molecule is Cc1ccc2c(c1)OC(O)C=C2C(=O)O. The maximum Gasteiger partial charge on any atom is 0.336 e. The summed E-state index contributed by atoms with van der Waals surface area (Å²) < 4.78 is 5.11. The number of carbonyl (C=O) groups is 1. The van der Waals surface area contributed by atoms with Gasteiger partial charge in [-0.1, -0.05) is 12.1 Å². The fraction of sp³-hybridized carbons (Fsp3) is 0.182. The van der Waals surface area contributed by atoms with Crippen LogP contribution in [0.15, 0.2) is 24.3 Å². The van der Waals surface area contributed by atoms with E-state index in [0.717, 1.165) is 5.56 Å². The molecule has 0 saturated heterocycles. The van der Waals surface area contributed by atoms with Crippen LogP contribution in [-0.4, -0.2) is 22.5 Å². The zero-order valence-corrected chi connectivity index (χ0v) is 8.10. The zero-order chi connectivity index (χ0) is 11.0. The van der Waals surface area contributed by atoms with E-state index in [0.29, 0.717) is 11.3 Å². The van der Waals surface area contributed by atoms with Crippen LogP contribution >= 0.6 is 0 Å². The van der Waals surface area contributed by atoms with Gasteiger partial charge >= 0.3 is 5.97 Å². The highest BCUT2D eigenvalue weighted by molar-refractivity contribution is 6.16. The molecule has 15 heavy (non-hydrogen) atoms. The van der Waals surface area contributed by atoms with Gasteiger partial charge in [0.1, 0.15) is 5.75 Å². The summed E-state index contributed by atoms with van der Waals surface area (Å²) in [5, 5.41) is 18.2. The molecule has 0 aliphatic carbocycles. The van der Waals surface area contributed by atoms with E-state index < -0.39 is 12.3 Å². The number of aryl methyl sites for hydroxylation is 1. The third-order valence-electron chi connectivity index (χ3n) is 2.21. The Morgan fingerprint density at radius 1 is 1.47 bits per heavy atom. The Hall–Kier alpha value is -1.81. The molecular formula is C11H10O4. The van der Waals surface area contributed by atoms with Gasteiger partial charge in [0.15, 0.2) is 0 Å². The number of ether oxygens (including phenoxy) is 1. The van der Waals surface area contributed by atoms with Crippen molar-refractivity contribution in [2.24, 2.45) is 0 Å². The first kappa shape index (κ1) is 9.73. The molecule has 1 heterocycles. The number of hydrogen-bond donors (Lipinski definition) is 2. The molecule has 4 nitrogen and oxygen atoms in total. The average Bonchev–Trinajstić information content (AvgIpc) is 2.15. The van der Waals surface area contributed by atoms with Gasteiger partial charge in [-0.2, -0.15) is 0 Å². The van der Waals surface area contributed by atoms with E-state index in [9.17, 15) is 9.90 Å². The number of fused-ring (bicyclic) bond motifs is 1. The lowest BCUT2D eigenvalue weighted by atomic mass is 10.0. The van der Waals surface area contributed by atoms with Crippen molar-refractivity contribution in [1.29, 1.82) is 0 Å². The van der Waals surface area contributed by atoms with E-state index in [-0.39, 0.29) is 5.57 Å². The smallest absolute Gasteiger partial charge is 0.336 e. The summed E-state index contributed by atoms with van der Waals surface area (Å²) in [5.74, 6) is -0.662. The monoisotopic (exact) mass is 206 g/mol. The predicted octanol–water partition coefficient (Wildman–Crippen LogP) is 1.17. The van der Waals surface area contributed by atoms with E-state index in [1.54, 1.807) is 18.2 Å². The van der Waals surface area contributed by atoms with Crippen LogP contribution in [0.3, 0.4) is 0 Å². The highest BCUT2D eigenvalue weighted by atomic mass is 16.6. The molecule has 0 amide bonds. The van der Waals surface area contributed by atoms with Crippen LogP contribution in [0, 0.1) is 6.92 Å². The largest absolute Gasteiger partial charge is 0.478 e. The molecule has 78 valence electrons. The summed E-state index contributed by atoms with van der Waals surface area (Å²) in [6.07, 6.45) is -0.00889. The second-order valence-corrected chi connectivity index (χ2v) is 3.39. The van der Waals surface area contributed by atoms with Gasteiger partial charge in [-0.05, 0) is 24.6 Å². The van der Waals surface area contributed by atoms with E-state index in [1.807, 2.05) is 6.92 Å². The molecule has 2 rings (SSSR count). The van der Waals surface area contributed by atoms with Crippen LogP contribution in [0.1, 0.15) is 11.1 Å². The van der Waals surface area contributed by atoms with Gasteiger partial charge in [0.2, 0.25) is 6.29 Å². The molecule has 1 atom stereocenters. The Bertz CT molecular complexity index is 448. The zero-order valence-electron chi connectivity index (χ0n) is 8.10. The van der Waals surface area contributed by atoms with Crippen LogP contribution < -0.4 is 4.74 Å². The highest BCUT2D eigenvalue weighted by Gasteiger charge is 2.23. The standard InChI is InChI=1S/C11H10O4/c1-6-2-3-7-8(11(13)14)5-10(12)15-9(7)4-6/h2-5,10,12H,1H3,(H,13,14). The normalized spacial score (nSPS) is 18.8. The molecule has 4 heteroatoms. The van der Waals surface area contributed by atoms with Crippen molar-refractivity contribution in [3.63, 3.8) is 0 Å². The summed E-state index contributed by atoms with van der Waals surface area (Å²) in [6, 6.07) is 5.18. The third-order valence-corrected chi connectivity index (χ3v) is 2.21. The quantitative estimate of drug-likeness (QED) is 0.723. The van der Waals surface area contributed by atoms with E-state index in [4.69, 9.17) is 9.84 Å². The molecule has 0 aromatic heterocycles. The molecule has 1 aliphatic heterocycles. The maximum absolute atomic E-state index is 10.9. The van der Waals surface area contributed by atoms with Gasteiger partial charge in [0, 0.05) is 5.56 Å². The lowest BCUT2D eigenvalue weighted by molar-refractivity contribution is -0.130. The minimum atomic E-state index is -1.19. The molecule has 1 unspecified atom stereocenters. The highest BCUT2D eigenvalue weighted by Crippen LogP contribution is 2.32. The second kappa shape index (κ2) is 3.40. The average molecular weight is 206 g/mol. The Labute approximate surface area is 86.4 Å². The summed E-state index contributed by atoms with van der Waals surface area (Å²) in [6.45, 7) is 1.87. The van der Waals surface area contributed by atoms with Crippen LogP contribution in [0.5, 0.6) is 5.75 Å². The summed E-state index contributed by atoms with van der Waals surface area (Å²) >= 11 is 0. The molecule has 0 spiro atoms. The molecule has 0 saturated carbocycles. The first-order valence-corrected chi connectivity index (χ1v) is 4.49. The topological polar surface area (TPSA) is 66.8 Å². The Kier molecular flexibility index (Phi) is 2.21. The van der Waals surface area contributed by atoms with Gasteiger partial charge in [0.05, 0.1) is 5.57 Å². The van der Waals surface area contributed by atoms with Gasteiger partial charge < -0.3 is 14.9 Å². The van der Waals surface area contributed by atoms with Crippen molar-refractivity contribution < 1.29 is 19.7 Å². The van der Waals surface area contributed by atoms with Crippen LogP contribution in [0.25, 0.3) is 5.57 Å². The number of rotatable bonds is 1. The number of aliphatic carboxylic acids is 1. The van der Waals surface area contributed by atoms with Crippen molar-refractivity contribution >= 4 is 11.5 Å². The molecule has 0 fully saturated rings. The summed E-state index contributed by atoms with van der Waals surface area (Å²) in [7, 11) is 0. The van der Waals surface area contributed by atoms with Crippen LogP contribution in [-0.2, 0) is 4.79 Å². The number of carboxylic acids is 1. The Morgan fingerprint density at radius 2 is 2.20 bits per heavy atom. The van der Waals surface area contributed by atoms with E-state index >= 15 is 0 Å². The minimum absolute atomic E-state index is 0.0729. The first-order chi connectivity index (χ1) is 7.08. The molecule has 0 bridgehead atoms. The number of carboxylic acid groups (broad SMARTS) is 1. The molecule has 0 radical (unpaired) electrons. The lowest BCUT2D eigenvalue weighted by Gasteiger charge is -2.20. The molecule has 2 N–H and O–H groups in total. The fourth-order valence-corrected chi connectivity index (χ4v) is 1.53. The third kappa shape index (κ3) is 1.71. The summed E-state index contributed by atoms with van der Waals surface area (Å²) in [4.78, 5) is 10.9. The van der Waals surface area contributed by atoms with E-state index in [2.05, 4.69) is 0 Å². The Morgan fingerprint density at radius 3 is 2.87 bits per heavy atom. The fourth-order valence-electron chi connectivity index (χ4n) is 1.53. The van der Waals surface area contributed by atoms with Crippen molar-refractivity contribution in [1.82, 2.24) is 0 Å². The number of benzene rings is 1. The van der Waals surface area contributed by atoms with Gasteiger partial charge in [0.25, 0.3) is 0 Å². The van der Waals surface area contributed by atoms with Crippen LogP contribution in [0.4, 0.5) is 0 Å². The maximum atomic E-state index is 10.9. The van der Waals surface area contributed by atoms with Gasteiger partial charge in [-0.25, -0.2) is 4.79 Å². The van der Waals surface area contributed by atoms with Crippen molar-refractivity contribution in [2.75, 3.05) is 0 Å². The Balaban J connectivity index is 2.56. The molecular weight excluding hydrogens is 196 g/mol. The van der Waals surface area contributed by atoms with Crippen LogP contribution in [0.2, 0.25) is 0 Å². The van der Waals surface area contributed by atoms with Crippen molar-refractivity contribution in [3.05, 3.63) is 35.4 Å². The lowest BCUT2D eigenvalue weighted by Crippen LogP contribution is -2.20. The number of aliphatic hydroxyl groups excluding tert-OH is 1. The number of hydrogen-bond acceptors (Lipinski definition) is 3. The van der Waals surface area contributed by atoms with Gasteiger partial charge in [-0.3, -0.25) is 0 Å². The predicted molar refractivity (Wildman–Crippen MR) is 53.4 cm³/mol. The van der Waals surface area contributed by atoms with E-state index in [1.165, 1.54) is 6.08 Å². The van der Waals surface area contributed by atoms with Crippen molar-refractivity contribution in [3.8, 4) is 5.75 Å².